The molecular formula is C18H15BrO5. The minimum Gasteiger partial charge on any atom is -0.493 e. The zero-order chi connectivity index (χ0) is 16.9. The topological polar surface area (TPSA) is 61.8 Å². The van der Waals surface area contributed by atoms with Gasteiger partial charge in [-0.25, -0.2) is 4.79 Å². The minimum atomic E-state index is -0.587. The Morgan fingerprint density at radius 2 is 1.88 bits per heavy atom. The summed E-state index contributed by atoms with van der Waals surface area (Å²) in [6, 6.07) is 12.3. The highest BCUT2D eigenvalue weighted by Crippen LogP contribution is 2.26. The molecule has 5 nitrogen and oxygen atoms in total. The number of Topliss-reactive ketones (excluding diaryl/α,β-unsaturated/α-hetero) is 1. The monoisotopic (exact) mass is 390 g/mol. The first-order valence-corrected chi connectivity index (χ1v) is 8.24. The fourth-order valence-corrected chi connectivity index (χ4v) is 2.57. The van der Waals surface area contributed by atoms with Crippen LogP contribution >= 0.6 is 15.9 Å². The summed E-state index contributed by atoms with van der Waals surface area (Å²) in [6.45, 7) is 0.0878. The Morgan fingerprint density at radius 1 is 1.08 bits per heavy atom. The molecule has 3 rings (SSSR count). The zero-order valence-electron chi connectivity index (χ0n) is 12.8. The Bertz CT molecular complexity index is 755. The lowest BCUT2D eigenvalue weighted by molar-refractivity contribution is -0.144. The Morgan fingerprint density at radius 3 is 2.67 bits per heavy atom. The van der Waals surface area contributed by atoms with Crippen molar-refractivity contribution in [2.45, 2.75) is 6.42 Å². The van der Waals surface area contributed by atoms with Crippen LogP contribution in [-0.4, -0.2) is 31.6 Å². The first-order valence-electron chi connectivity index (χ1n) is 7.45. The quantitative estimate of drug-likeness (QED) is 0.559. The maximum Gasteiger partial charge on any atom is 0.344 e. The fourth-order valence-electron chi connectivity index (χ4n) is 2.30. The van der Waals surface area contributed by atoms with Crippen LogP contribution < -0.4 is 9.47 Å². The molecule has 2 aromatic rings. The molecule has 0 atom stereocenters. The van der Waals surface area contributed by atoms with Crippen molar-refractivity contribution in [2.24, 2.45) is 0 Å². The van der Waals surface area contributed by atoms with Gasteiger partial charge < -0.3 is 14.2 Å². The van der Waals surface area contributed by atoms with Gasteiger partial charge in [0.15, 0.2) is 19.0 Å². The summed E-state index contributed by atoms with van der Waals surface area (Å²) in [7, 11) is 0. The molecule has 0 fully saturated rings. The molecule has 124 valence electrons. The van der Waals surface area contributed by atoms with Gasteiger partial charge in [0.05, 0.1) is 6.61 Å². The van der Waals surface area contributed by atoms with Crippen LogP contribution in [0.25, 0.3) is 0 Å². The summed E-state index contributed by atoms with van der Waals surface area (Å²) in [6.07, 6.45) is 0.789. The van der Waals surface area contributed by atoms with E-state index in [-0.39, 0.29) is 19.0 Å². The second-order valence-electron chi connectivity index (χ2n) is 5.25. The SMILES string of the molecule is O=C(COc1ccc(Br)cc1)OCC(=O)c1ccc2c(c1)CCO2. The number of carbonyl (C=O) groups is 2. The Kier molecular flexibility index (Phi) is 5.15. The molecular weight excluding hydrogens is 376 g/mol. The number of ether oxygens (including phenoxy) is 3. The minimum absolute atomic E-state index is 0.243. The van der Waals surface area contributed by atoms with Gasteiger partial charge in [0.2, 0.25) is 0 Å². The molecule has 24 heavy (non-hydrogen) atoms. The Labute approximate surface area is 147 Å². The summed E-state index contributed by atoms with van der Waals surface area (Å²) >= 11 is 3.31. The number of carbonyl (C=O) groups excluding carboxylic acids is 2. The number of hydrogen-bond acceptors (Lipinski definition) is 5. The van der Waals surface area contributed by atoms with Gasteiger partial charge in [-0.15, -0.1) is 0 Å². The smallest absolute Gasteiger partial charge is 0.344 e. The highest BCUT2D eigenvalue weighted by atomic mass is 79.9. The standard InChI is InChI=1S/C18H15BrO5/c19-14-2-4-15(5-3-14)23-11-18(21)24-10-16(20)12-1-6-17-13(9-12)7-8-22-17/h1-6,9H,7-8,10-11H2. The normalized spacial score (nSPS) is 12.2. The lowest BCUT2D eigenvalue weighted by atomic mass is 10.1. The maximum atomic E-state index is 12.1. The lowest BCUT2D eigenvalue weighted by Crippen LogP contribution is -2.19. The molecule has 0 unspecified atom stereocenters. The summed E-state index contributed by atoms with van der Waals surface area (Å²) in [5, 5.41) is 0. The third-order valence-corrected chi connectivity index (χ3v) is 4.07. The van der Waals surface area contributed by atoms with Gasteiger partial charge in [0.25, 0.3) is 0 Å². The first-order chi connectivity index (χ1) is 11.6. The fraction of sp³-hybridized carbons (Fsp3) is 0.222. The van der Waals surface area contributed by atoms with E-state index in [2.05, 4.69) is 15.9 Å². The van der Waals surface area contributed by atoms with Crippen molar-refractivity contribution in [1.82, 2.24) is 0 Å². The predicted molar refractivity (Wildman–Crippen MR) is 90.6 cm³/mol. The number of esters is 1. The number of hydrogen-bond donors (Lipinski definition) is 0. The lowest BCUT2D eigenvalue weighted by Gasteiger charge is -2.07. The van der Waals surface area contributed by atoms with Crippen molar-refractivity contribution in [3.63, 3.8) is 0 Å². The van der Waals surface area contributed by atoms with E-state index in [0.717, 1.165) is 22.2 Å². The van der Waals surface area contributed by atoms with Crippen LogP contribution in [0.2, 0.25) is 0 Å². The van der Waals surface area contributed by atoms with Gasteiger partial charge in [-0.05, 0) is 48.0 Å². The molecule has 0 bridgehead atoms. The first kappa shape index (κ1) is 16.5. The van der Waals surface area contributed by atoms with Gasteiger partial charge in [0.1, 0.15) is 11.5 Å². The molecule has 0 amide bonds. The van der Waals surface area contributed by atoms with E-state index in [1.54, 1.807) is 30.3 Å². The molecule has 0 saturated carbocycles. The highest BCUT2D eigenvalue weighted by Gasteiger charge is 2.16. The second-order valence-corrected chi connectivity index (χ2v) is 6.16. The number of rotatable bonds is 6. The van der Waals surface area contributed by atoms with Gasteiger partial charge in [-0.1, -0.05) is 15.9 Å². The molecule has 1 aliphatic heterocycles. The zero-order valence-corrected chi connectivity index (χ0v) is 14.4. The highest BCUT2D eigenvalue weighted by molar-refractivity contribution is 9.10. The Hall–Kier alpha value is -2.34. The van der Waals surface area contributed by atoms with Gasteiger partial charge >= 0.3 is 5.97 Å². The van der Waals surface area contributed by atoms with Gasteiger partial charge in [-0.2, -0.15) is 0 Å². The molecule has 2 aromatic carbocycles. The molecule has 0 N–H and O–H groups in total. The van der Waals surface area contributed by atoms with Gasteiger partial charge in [-0.3, -0.25) is 4.79 Å². The van der Waals surface area contributed by atoms with Crippen molar-refractivity contribution in [3.05, 3.63) is 58.1 Å². The summed E-state index contributed by atoms with van der Waals surface area (Å²) in [5.74, 6) is 0.531. The number of fused-ring (bicyclic) bond motifs is 1. The molecule has 0 aliphatic carbocycles. The Balaban J connectivity index is 1.47. The molecule has 6 heteroatoms. The van der Waals surface area contributed by atoms with Crippen molar-refractivity contribution < 1.29 is 23.8 Å². The van der Waals surface area contributed by atoms with E-state index >= 15 is 0 Å². The van der Waals surface area contributed by atoms with E-state index in [1.807, 2.05) is 12.1 Å². The van der Waals surface area contributed by atoms with E-state index < -0.39 is 5.97 Å². The maximum absolute atomic E-state index is 12.1. The van der Waals surface area contributed by atoms with Crippen LogP contribution in [0.4, 0.5) is 0 Å². The van der Waals surface area contributed by atoms with Crippen molar-refractivity contribution in [2.75, 3.05) is 19.8 Å². The molecule has 0 spiro atoms. The average molecular weight is 391 g/mol. The average Bonchev–Trinajstić information content (AvgIpc) is 3.06. The summed E-state index contributed by atoms with van der Waals surface area (Å²) in [5.41, 5.74) is 1.52. The molecule has 1 aliphatic rings. The van der Waals surface area contributed by atoms with E-state index in [0.29, 0.717) is 17.9 Å². The van der Waals surface area contributed by atoms with Crippen molar-refractivity contribution in [3.8, 4) is 11.5 Å². The largest absolute Gasteiger partial charge is 0.493 e. The van der Waals surface area contributed by atoms with Crippen LogP contribution in [0.3, 0.4) is 0 Å². The number of benzene rings is 2. The van der Waals surface area contributed by atoms with E-state index in [9.17, 15) is 9.59 Å². The van der Waals surface area contributed by atoms with Crippen LogP contribution in [0.15, 0.2) is 46.9 Å². The van der Waals surface area contributed by atoms with Crippen molar-refractivity contribution in [1.29, 1.82) is 0 Å². The molecule has 0 radical (unpaired) electrons. The summed E-state index contributed by atoms with van der Waals surface area (Å²) < 4.78 is 16.6. The third kappa shape index (κ3) is 4.14. The number of ketones is 1. The van der Waals surface area contributed by atoms with Crippen LogP contribution in [0, 0.1) is 0 Å². The van der Waals surface area contributed by atoms with Crippen LogP contribution in [0.1, 0.15) is 15.9 Å². The van der Waals surface area contributed by atoms with Crippen LogP contribution in [-0.2, 0) is 16.0 Å². The number of halogens is 1. The molecule has 0 aromatic heterocycles. The molecule has 1 heterocycles. The van der Waals surface area contributed by atoms with Gasteiger partial charge in [0, 0.05) is 16.5 Å². The second kappa shape index (κ2) is 7.49. The third-order valence-electron chi connectivity index (χ3n) is 3.55. The predicted octanol–water partition coefficient (Wildman–Crippen LogP) is 3.19. The molecule has 0 saturated heterocycles. The van der Waals surface area contributed by atoms with Crippen molar-refractivity contribution >= 4 is 27.7 Å². The van der Waals surface area contributed by atoms with Crippen LogP contribution in [0.5, 0.6) is 11.5 Å². The summed E-state index contributed by atoms with van der Waals surface area (Å²) in [4.78, 5) is 23.8. The van der Waals surface area contributed by atoms with E-state index in [4.69, 9.17) is 14.2 Å². The van der Waals surface area contributed by atoms with E-state index in [1.165, 1.54) is 0 Å².